The summed E-state index contributed by atoms with van der Waals surface area (Å²) < 4.78 is 0. The van der Waals surface area contributed by atoms with Gasteiger partial charge in [-0.15, -0.1) is 0 Å². The van der Waals surface area contributed by atoms with E-state index in [0.717, 1.165) is 18.5 Å². The minimum absolute atomic E-state index is 0.352. The maximum atomic E-state index is 10.4. The summed E-state index contributed by atoms with van der Waals surface area (Å²) >= 11 is 1.93. The maximum Gasteiger partial charge on any atom is 0.123 e. The van der Waals surface area contributed by atoms with Crippen molar-refractivity contribution in [3.63, 3.8) is 0 Å². The van der Waals surface area contributed by atoms with Gasteiger partial charge in [-0.1, -0.05) is 12.8 Å². The van der Waals surface area contributed by atoms with Crippen molar-refractivity contribution in [3.05, 3.63) is 0 Å². The molecule has 0 aromatic rings. The maximum absolute atomic E-state index is 10.4. The fraction of sp³-hybridized carbons (Fsp3) is 0.875. The molecular formula is C8H14OS. The summed E-state index contributed by atoms with van der Waals surface area (Å²) in [5, 5.41) is 0. The van der Waals surface area contributed by atoms with Crippen LogP contribution >= 0.6 is 11.8 Å². The first kappa shape index (κ1) is 8.12. The molecule has 1 aliphatic rings. The minimum atomic E-state index is 0.352. The van der Waals surface area contributed by atoms with Crippen LogP contribution in [0, 0.1) is 5.92 Å². The van der Waals surface area contributed by atoms with Crippen LogP contribution in [0.25, 0.3) is 0 Å². The zero-order chi connectivity index (χ0) is 7.23. The molecule has 1 fully saturated rings. The molecule has 1 rings (SSSR count). The van der Waals surface area contributed by atoms with E-state index in [-0.39, 0.29) is 0 Å². The molecule has 0 N–H and O–H groups in total. The summed E-state index contributed by atoms with van der Waals surface area (Å²) in [6.45, 7) is 0. The second-order valence-electron chi connectivity index (χ2n) is 2.82. The van der Waals surface area contributed by atoms with Crippen LogP contribution in [0.5, 0.6) is 0 Å². The predicted octanol–water partition coefficient (Wildman–Crippen LogP) is 2.11. The van der Waals surface area contributed by atoms with Gasteiger partial charge in [-0.3, -0.25) is 0 Å². The molecule has 1 atom stereocenters. The zero-order valence-corrected chi connectivity index (χ0v) is 7.03. The zero-order valence-electron chi connectivity index (χ0n) is 6.21. The third kappa shape index (κ3) is 2.74. The van der Waals surface area contributed by atoms with Crippen LogP contribution in [0.3, 0.4) is 0 Å². The third-order valence-corrected chi connectivity index (χ3v) is 3.13. The summed E-state index contributed by atoms with van der Waals surface area (Å²) in [6.07, 6.45) is 6.16. The fourth-order valence-corrected chi connectivity index (χ4v) is 2.34. The second-order valence-corrected chi connectivity index (χ2v) is 3.97. The Labute approximate surface area is 66.6 Å². The Morgan fingerprint density at radius 3 is 3.00 bits per heavy atom. The van der Waals surface area contributed by atoms with Crippen molar-refractivity contribution in [3.8, 4) is 0 Å². The van der Waals surface area contributed by atoms with E-state index in [9.17, 15) is 4.79 Å². The Balaban J connectivity index is 2.22. The standard InChI is InChI=1S/C8H14OS/c9-6-8-4-2-1-3-5-10-7-8/h6,8H,1-5,7H2. The van der Waals surface area contributed by atoms with Crippen LogP contribution in [-0.2, 0) is 4.79 Å². The Bertz CT molecular complexity index is 95.4. The highest BCUT2D eigenvalue weighted by Gasteiger charge is 2.09. The van der Waals surface area contributed by atoms with E-state index < -0.39 is 0 Å². The van der Waals surface area contributed by atoms with Gasteiger partial charge >= 0.3 is 0 Å². The minimum Gasteiger partial charge on any atom is -0.303 e. The first-order valence-corrected chi connectivity index (χ1v) is 5.12. The van der Waals surface area contributed by atoms with Gasteiger partial charge in [0.15, 0.2) is 0 Å². The molecule has 2 heteroatoms. The molecule has 1 saturated heterocycles. The Hall–Kier alpha value is 0.0200. The monoisotopic (exact) mass is 158 g/mol. The van der Waals surface area contributed by atoms with Gasteiger partial charge in [0, 0.05) is 11.7 Å². The molecule has 0 amide bonds. The van der Waals surface area contributed by atoms with Gasteiger partial charge in [0.1, 0.15) is 6.29 Å². The molecule has 0 spiro atoms. The van der Waals surface area contributed by atoms with Gasteiger partial charge < -0.3 is 4.79 Å². The first-order chi connectivity index (χ1) is 4.93. The molecule has 1 nitrogen and oxygen atoms in total. The van der Waals surface area contributed by atoms with Gasteiger partial charge in [0.25, 0.3) is 0 Å². The lowest BCUT2D eigenvalue weighted by Gasteiger charge is -2.12. The smallest absolute Gasteiger partial charge is 0.123 e. The molecular weight excluding hydrogens is 144 g/mol. The van der Waals surface area contributed by atoms with Crippen molar-refractivity contribution in [2.75, 3.05) is 11.5 Å². The topological polar surface area (TPSA) is 17.1 Å². The quantitative estimate of drug-likeness (QED) is 0.544. The molecule has 0 saturated carbocycles. The number of thioether (sulfide) groups is 1. The molecule has 0 bridgehead atoms. The highest BCUT2D eigenvalue weighted by molar-refractivity contribution is 7.99. The lowest BCUT2D eigenvalue weighted by molar-refractivity contribution is -0.110. The van der Waals surface area contributed by atoms with Gasteiger partial charge in [0.2, 0.25) is 0 Å². The predicted molar refractivity (Wildman–Crippen MR) is 45.3 cm³/mol. The average Bonchev–Trinajstić information content (AvgIpc) is 1.87. The number of carbonyl (C=O) groups is 1. The molecule has 1 heterocycles. The largest absolute Gasteiger partial charge is 0.303 e. The van der Waals surface area contributed by atoms with Gasteiger partial charge in [-0.25, -0.2) is 0 Å². The fourth-order valence-electron chi connectivity index (χ4n) is 1.21. The van der Waals surface area contributed by atoms with E-state index in [1.165, 1.54) is 25.0 Å². The van der Waals surface area contributed by atoms with Crippen LogP contribution < -0.4 is 0 Å². The van der Waals surface area contributed by atoms with Crippen molar-refractivity contribution in [1.29, 1.82) is 0 Å². The summed E-state index contributed by atoms with van der Waals surface area (Å²) in [6, 6.07) is 0. The lowest BCUT2D eigenvalue weighted by atomic mass is 10.0. The van der Waals surface area contributed by atoms with E-state index in [1.807, 2.05) is 11.8 Å². The van der Waals surface area contributed by atoms with Crippen LogP contribution in [0.1, 0.15) is 25.7 Å². The molecule has 0 aromatic heterocycles. The Morgan fingerprint density at radius 1 is 1.30 bits per heavy atom. The van der Waals surface area contributed by atoms with Gasteiger partial charge in [-0.2, -0.15) is 11.8 Å². The molecule has 0 radical (unpaired) electrons. The van der Waals surface area contributed by atoms with Crippen LogP contribution in [0.15, 0.2) is 0 Å². The molecule has 0 aromatic carbocycles. The van der Waals surface area contributed by atoms with Crippen LogP contribution in [0.2, 0.25) is 0 Å². The molecule has 1 unspecified atom stereocenters. The highest BCUT2D eigenvalue weighted by atomic mass is 32.2. The number of aldehydes is 1. The van der Waals surface area contributed by atoms with Crippen LogP contribution in [-0.4, -0.2) is 17.8 Å². The SMILES string of the molecule is O=CC1CCCCCSC1. The molecule has 0 aliphatic carbocycles. The van der Waals surface area contributed by atoms with Crippen molar-refractivity contribution in [1.82, 2.24) is 0 Å². The highest BCUT2D eigenvalue weighted by Crippen LogP contribution is 2.19. The van der Waals surface area contributed by atoms with Gasteiger partial charge in [-0.05, 0) is 18.6 Å². The van der Waals surface area contributed by atoms with Crippen molar-refractivity contribution in [2.24, 2.45) is 5.92 Å². The van der Waals surface area contributed by atoms with Crippen LogP contribution in [0.4, 0.5) is 0 Å². The lowest BCUT2D eigenvalue weighted by Crippen LogP contribution is -2.08. The van der Waals surface area contributed by atoms with E-state index >= 15 is 0 Å². The number of carbonyl (C=O) groups excluding carboxylic acids is 1. The summed E-state index contributed by atoms with van der Waals surface area (Å²) in [4.78, 5) is 10.4. The summed E-state index contributed by atoms with van der Waals surface area (Å²) in [5.41, 5.74) is 0. The van der Waals surface area contributed by atoms with E-state index in [1.54, 1.807) is 0 Å². The second kappa shape index (κ2) is 4.78. The van der Waals surface area contributed by atoms with E-state index in [4.69, 9.17) is 0 Å². The van der Waals surface area contributed by atoms with Crippen molar-refractivity contribution in [2.45, 2.75) is 25.7 Å². The molecule has 10 heavy (non-hydrogen) atoms. The Kier molecular flexibility index (Phi) is 3.88. The Morgan fingerprint density at radius 2 is 2.20 bits per heavy atom. The molecule has 58 valence electrons. The first-order valence-electron chi connectivity index (χ1n) is 3.96. The van der Waals surface area contributed by atoms with Gasteiger partial charge in [0.05, 0.1) is 0 Å². The van der Waals surface area contributed by atoms with E-state index in [0.29, 0.717) is 5.92 Å². The third-order valence-electron chi connectivity index (χ3n) is 1.89. The number of rotatable bonds is 1. The normalized spacial score (nSPS) is 28.6. The summed E-state index contributed by atoms with van der Waals surface area (Å²) in [5.74, 6) is 2.67. The summed E-state index contributed by atoms with van der Waals surface area (Å²) in [7, 11) is 0. The number of hydrogen-bond acceptors (Lipinski definition) is 2. The molecule has 1 aliphatic heterocycles. The van der Waals surface area contributed by atoms with E-state index in [2.05, 4.69) is 0 Å². The average molecular weight is 158 g/mol. The van der Waals surface area contributed by atoms with Crippen molar-refractivity contribution < 1.29 is 4.79 Å². The van der Waals surface area contributed by atoms with Crippen molar-refractivity contribution >= 4 is 18.0 Å². The number of hydrogen-bond donors (Lipinski definition) is 0.